The summed E-state index contributed by atoms with van der Waals surface area (Å²) in [5.74, 6) is 0.786. The van der Waals surface area contributed by atoms with E-state index in [1.54, 1.807) is 0 Å². The highest BCUT2D eigenvalue weighted by Crippen LogP contribution is 2.42. The van der Waals surface area contributed by atoms with Crippen LogP contribution >= 0.6 is 0 Å². The fraction of sp³-hybridized carbons (Fsp3) is 0.267. The second kappa shape index (κ2) is 3.48. The van der Waals surface area contributed by atoms with Crippen molar-refractivity contribution in [2.75, 3.05) is 0 Å². The molecule has 1 aliphatic rings. The lowest BCUT2D eigenvalue weighted by Crippen LogP contribution is -2.04. The fourth-order valence-corrected chi connectivity index (χ4v) is 2.45. The van der Waals surface area contributed by atoms with Crippen LogP contribution < -0.4 is 10.4 Å². The van der Waals surface area contributed by atoms with Crippen LogP contribution in [0.25, 0.3) is 16.5 Å². The van der Waals surface area contributed by atoms with Crippen molar-refractivity contribution in [3.63, 3.8) is 0 Å². The molecular weight excluding hydrogens is 228 g/mol. The number of rotatable bonds is 0. The standard InChI is InChI=1S/C15H14O3/c1-7-5-13(16)18-14-9(3)15-12(6-11(7)14)8(2)10(4)17-15/h5-6,10H,2H2,1,3-4H3. The largest absolute Gasteiger partial charge is 0.485 e. The molecule has 0 radical (unpaired) electrons. The van der Waals surface area contributed by atoms with E-state index in [-0.39, 0.29) is 11.7 Å². The van der Waals surface area contributed by atoms with Gasteiger partial charge in [0.25, 0.3) is 0 Å². The summed E-state index contributed by atoms with van der Waals surface area (Å²) in [4.78, 5) is 11.5. The van der Waals surface area contributed by atoms with Gasteiger partial charge in [-0.15, -0.1) is 0 Å². The molecule has 0 N–H and O–H groups in total. The SMILES string of the molecule is C=C1c2cc3c(C)cc(=O)oc3c(C)c2OC1C. The average Bonchev–Trinajstić information content (AvgIpc) is 2.59. The first-order valence-electron chi connectivity index (χ1n) is 5.93. The van der Waals surface area contributed by atoms with Crippen molar-refractivity contribution >= 4 is 16.5 Å². The van der Waals surface area contributed by atoms with Crippen LogP contribution in [0.1, 0.15) is 23.6 Å². The molecular formula is C15H14O3. The topological polar surface area (TPSA) is 39.4 Å². The highest BCUT2D eigenvalue weighted by molar-refractivity contribution is 5.92. The Morgan fingerprint density at radius 2 is 2.00 bits per heavy atom. The van der Waals surface area contributed by atoms with Gasteiger partial charge in [-0.05, 0) is 38.0 Å². The van der Waals surface area contributed by atoms with Gasteiger partial charge in [0.05, 0.1) is 0 Å². The van der Waals surface area contributed by atoms with Gasteiger partial charge in [-0.25, -0.2) is 4.79 Å². The molecule has 92 valence electrons. The Morgan fingerprint density at radius 3 is 2.72 bits per heavy atom. The Balaban J connectivity index is 2.47. The van der Waals surface area contributed by atoms with Crippen LogP contribution in [0.4, 0.5) is 0 Å². The summed E-state index contributed by atoms with van der Waals surface area (Å²) >= 11 is 0. The van der Waals surface area contributed by atoms with Gasteiger partial charge < -0.3 is 9.15 Å². The summed E-state index contributed by atoms with van der Waals surface area (Å²) in [7, 11) is 0. The average molecular weight is 242 g/mol. The Bertz CT molecular complexity index is 737. The Hall–Kier alpha value is -2.03. The van der Waals surface area contributed by atoms with Crippen LogP contribution in [-0.4, -0.2) is 6.10 Å². The van der Waals surface area contributed by atoms with Crippen LogP contribution in [0.2, 0.25) is 0 Å². The zero-order chi connectivity index (χ0) is 13.0. The summed E-state index contributed by atoms with van der Waals surface area (Å²) in [6.45, 7) is 9.84. The number of aryl methyl sites for hydroxylation is 2. The molecule has 1 unspecified atom stereocenters. The molecule has 2 heterocycles. The first-order chi connectivity index (χ1) is 8.49. The molecule has 0 spiro atoms. The van der Waals surface area contributed by atoms with E-state index in [0.717, 1.165) is 33.4 Å². The van der Waals surface area contributed by atoms with Crippen molar-refractivity contribution in [3.8, 4) is 5.75 Å². The number of benzene rings is 1. The zero-order valence-corrected chi connectivity index (χ0v) is 10.7. The third-order valence-electron chi connectivity index (χ3n) is 3.55. The van der Waals surface area contributed by atoms with Crippen molar-refractivity contribution in [1.82, 2.24) is 0 Å². The summed E-state index contributed by atoms with van der Waals surface area (Å²) < 4.78 is 11.1. The quantitative estimate of drug-likeness (QED) is 0.666. The first kappa shape index (κ1) is 11.1. The highest BCUT2D eigenvalue weighted by atomic mass is 16.5. The minimum atomic E-state index is -0.326. The molecule has 0 fully saturated rings. The minimum absolute atomic E-state index is 0.0254. The molecule has 0 saturated heterocycles. The van der Waals surface area contributed by atoms with Gasteiger partial charge in [0.15, 0.2) is 0 Å². The van der Waals surface area contributed by atoms with Gasteiger partial charge >= 0.3 is 5.63 Å². The van der Waals surface area contributed by atoms with E-state index in [9.17, 15) is 4.79 Å². The molecule has 3 heteroatoms. The number of fused-ring (bicyclic) bond motifs is 2. The predicted molar refractivity (Wildman–Crippen MR) is 71.1 cm³/mol. The van der Waals surface area contributed by atoms with Crippen molar-refractivity contribution in [3.05, 3.63) is 45.8 Å². The smallest absolute Gasteiger partial charge is 0.336 e. The summed E-state index contributed by atoms with van der Waals surface area (Å²) in [6.07, 6.45) is -0.0254. The maximum atomic E-state index is 11.5. The molecule has 0 bridgehead atoms. The second-order valence-electron chi connectivity index (χ2n) is 4.79. The molecule has 1 aromatic heterocycles. The lowest BCUT2D eigenvalue weighted by atomic mass is 9.98. The summed E-state index contributed by atoms with van der Waals surface area (Å²) in [5, 5.41) is 0.949. The van der Waals surface area contributed by atoms with Crippen LogP contribution in [0, 0.1) is 13.8 Å². The third-order valence-corrected chi connectivity index (χ3v) is 3.55. The molecule has 3 rings (SSSR count). The van der Waals surface area contributed by atoms with Crippen LogP contribution in [0.5, 0.6) is 5.75 Å². The van der Waals surface area contributed by atoms with E-state index in [2.05, 4.69) is 6.58 Å². The van der Waals surface area contributed by atoms with Gasteiger partial charge in [0.1, 0.15) is 17.4 Å². The second-order valence-corrected chi connectivity index (χ2v) is 4.79. The molecule has 3 nitrogen and oxygen atoms in total. The van der Waals surface area contributed by atoms with E-state index >= 15 is 0 Å². The maximum absolute atomic E-state index is 11.5. The maximum Gasteiger partial charge on any atom is 0.336 e. The lowest BCUT2D eigenvalue weighted by molar-refractivity contribution is 0.295. The molecule has 18 heavy (non-hydrogen) atoms. The molecule has 1 aliphatic heterocycles. The first-order valence-corrected chi connectivity index (χ1v) is 5.93. The monoisotopic (exact) mass is 242 g/mol. The van der Waals surface area contributed by atoms with Crippen molar-refractivity contribution in [1.29, 1.82) is 0 Å². The highest BCUT2D eigenvalue weighted by Gasteiger charge is 2.27. The fourth-order valence-electron chi connectivity index (χ4n) is 2.45. The van der Waals surface area contributed by atoms with Crippen molar-refractivity contribution < 1.29 is 9.15 Å². The van der Waals surface area contributed by atoms with Gasteiger partial charge in [0.2, 0.25) is 0 Å². The Labute approximate surface area is 105 Å². The normalized spacial score (nSPS) is 17.9. The Morgan fingerprint density at radius 1 is 1.28 bits per heavy atom. The molecule has 0 saturated carbocycles. The third kappa shape index (κ3) is 1.33. The predicted octanol–water partition coefficient (Wildman–Crippen LogP) is 3.20. The molecule has 0 amide bonds. The number of hydrogen-bond donors (Lipinski definition) is 0. The lowest BCUT2D eigenvalue weighted by Gasteiger charge is -2.08. The minimum Gasteiger partial charge on any atom is -0.485 e. The molecule has 1 atom stereocenters. The van der Waals surface area contributed by atoms with E-state index in [4.69, 9.17) is 9.15 Å². The van der Waals surface area contributed by atoms with Gasteiger partial charge in [-0.2, -0.15) is 0 Å². The van der Waals surface area contributed by atoms with E-state index in [0.29, 0.717) is 5.58 Å². The van der Waals surface area contributed by atoms with E-state index in [1.807, 2.05) is 26.8 Å². The number of ether oxygens (including phenoxy) is 1. The molecule has 0 aliphatic carbocycles. The van der Waals surface area contributed by atoms with E-state index < -0.39 is 0 Å². The zero-order valence-electron chi connectivity index (χ0n) is 10.7. The molecule has 2 aromatic rings. The van der Waals surface area contributed by atoms with Gasteiger partial charge in [-0.1, -0.05) is 6.58 Å². The van der Waals surface area contributed by atoms with Crippen LogP contribution in [0.3, 0.4) is 0 Å². The van der Waals surface area contributed by atoms with Gasteiger partial charge in [0, 0.05) is 22.6 Å². The van der Waals surface area contributed by atoms with Crippen LogP contribution in [0.15, 0.2) is 27.9 Å². The van der Waals surface area contributed by atoms with E-state index in [1.165, 1.54) is 6.07 Å². The van der Waals surface area contributed by atoms with Crippen molar-refractivity contribution in [2.24, 2.45) is 0 Å². The molecule has 1 aromatic carbocycles. The van der Waals surface area contributed by atoms with Gasteiger partial charge in [-0.3, -0.25) is 0 Å². The summed E-state index contributed by atoms with van der Waals surface area (Å²) in [6, 6.07) is 3.51. The van der Waals surface area contributed by atoms with Crippen molar-refractivity contribution in [2.45, 2.75) is 26.9 Å². The number of hydrogen-bond acceptors (Lipinski definition) is 3. The Kier molecular flexibility index (Phi) is 2.14. The van der Waals surface area contributed by atoms with Crippen LogP contribution in [-0.2, 0) is 0 Å². The summed E-state index contributed by atoms with van der Waals surface area (Å²) in [5.41, 5.74) is 4.06.